The number of piperazine rings is 1. The van der Waals surface area contributed by atoms with E-state index in [1.54, 1.807) is 18.2 Å². The number of benzene rings is 2. The van der Waals surface area contributed by atoms with Crippen LogP contribution in [0.1, 0.15) is 11.1 Å². The van der Waals surface area contributed by atoms with Crippen LogP contribution in [0.25, 0.3) is 6.08 Å². The van der Waals surface area contributed by atoms with Gasteiger partial charge in [0.1, 0.15) is 0 Å². The van der Waals surface area contributed by atoms with E-state index < -0.39 is 11.9 Å². The minimum atomic E-state index is -1.82. The lowest BCUT2D eigenvalue weighted by Gasteiger charge is -2.36. The molecular weight excluding hydrogens is 402 g/mol. The van der Waals surface area contributed by atoms with Crippen molar-refractivity contribution in [3.05, 3.63) is 75.8 Å². The molecule has 164 valence electrons. The van der Waals surface area contributed by atoms with E-state index in [1.165, 1.54) is 11.3 Å². The number of hydrogen-bond acceptors (Lipinski definition) is 6. The number of para-hydroxylation sites is 2. The lowest BCUT2D eigenvalue weighted by atomic mass is 10.1. The van der Waals surface area contributed by atoms with E-state index >= 15 is 0 Å². The van der Waals surface area contributed by atoms with Crippen LogP contribution in [0.3, 0.4) is 0 Å². The maximum Gasteiger partial charge on any atom is 0.414 e. The van der Waals surface area contributed by atoms with Crippen LogP contribution in [-0.2, 0) is 9.59 Å². The molecule has 2 aromatic rings. The van der Waals surface area contributed by atoms with Gasteiger partial charge in [-0.2, -0.15) is 0 Å². The van der Waals surface area contributed by atoms with Crippen LogP contribution in [0.2, 0.25) is 0 Å². The Morgan fingerprint density at radius 3 is 2.16 bits per heavy atom. The number of carboxylic acids is 2. The highest BCUT2D eigenvalue weighted by Gasteiger charge is 2.17. The maximum absolute atomic E-state index is 11.0. The van der Waals surface area contributed by atoms with Crippen molar-refractivity contribution in [2.24, 2.45) is 0 Å². The van der Waals surface area contributed by atoms with Gasteiger partial charge in [0.25, 0.3) is 5.69 Å². The monoisotopic (exact) mass is 427 g/mol. The van der Waals surface area contributed by atoms with Crippen molar-refractivity contribution < 1.29 is 24.7 Å². The Balaban J connectivity index is 0.000000501. The summed E-state index contributed by atoms with van der Waals surface area (Å²) in [5, 5.41) is 25.8. The summed E-state index contributed by atoms with van der Waals surface area (Å²) in [4.78, 5) is 33.7. The van der Waals surface area contributed by atoms with E-state index in [4.69, 9.17) is 19.8 Å². The molecule has 31 heavy (non-hydrogen) atoms. The standard InChI is InChI=1S/C20H23N3O2.C2H2O4/c1-17-7-2-4-10-19(17)22-15-13-21(14-16-22)12-6-9-18-8-3-5-11-20(18)23(24)25;3-1(4)2(5)6/h2-11H,12-16H2,1H3;(H,3,4)(H,5,6)/b9-6+;. The van der Waals surface area contributed by atoms with Crippen molar-refractivity contribution in [3.8, 4) is 0 Å². The highest BCUT2D eigenvalue weighted by molar-refractivity contribution is 6.27. The molecule has 1 saturated heterocycles. The SMILES string of the molecule is Cc1ccccc1N1CCN(C/C=C/c2ccccc2[N+](=O)[O-])CC1.O=C(O)C(=O)O. The van der Waals surface area contributed by atoms with Crippen LogP contribution in [0.5, 0.6) is 0 Å². The molecule has 2 N–H and O–H groups in total. The summed E-state index contributed by atoms with van der Waals surface area (Å²) in [5.74, 6) is -3.65. The molecule has 0 spiro atoms. The number of hydrogen-bond donors (Lipinski definition) is 2. The van der Waals surface area contributed by atoms with E-state index in [9.17, 15) is 10.1 Å². The van der Waals surface area contributed by atoms with Crippen molar-refractivity contribution in [1.82, 2.24) is 4.90 Å². The Morgan fingerprint density at radius 2 is 1.58 bits per heavy atom. The van der Waals surface area contributed by atoms with Crippen molar-refractivity contribution >= 4 is 29.4 Å². The number of rotatable bonds is 5. The van der Waals surface area contributed by atoms with Gasteiger partial charge < -0.3 is 15.1 Å². The summed E-state index contributed by atoms with van der Waals surface area (Å²) in [6, 6.07) is 15.3. The van der Waals surface area contributed by atoms with Crippen molar-refractivity contribution in [3.63, 3.8) is 0 Å². The second kappa shape index (κ2) is 11.5. The average molecular weight is 427 g/mol. The van der Waals surface area contributed by atoms with Crippen molar-refractivity contribution in [1.29, 1.82) is 0 Å². The molecule has 0 radical (unpaired) electrons. The molecule has 0 atom stereocenters. The Labute approximate surface area is 180 Å². The third kappa shape index (κ3) is 7.23. The number of anilines is 1. The summed E-state index contributed by atoms with van der Waals surface area (Å²) in [5.41, 5.74) is 3.44. The van der Waals surface area contributed by atoms with Crippen LogP contribution in [0, 0.1) is 17.0 Å². The van der Waals surface area contributed by atoms with Gasteiger partial charge in [-0.15, -0.1) is 0 Å². The fourth-order valence-electron chi connectivity index (χ4n) is 3.21. The Bertz CT molecular complexity index is 940. The molecule has 1 aliphatic heterocycles. The van der Waals surface area contributed by atoms with Gasteiger partial charge in [0.15, 0.2) is 0 Å². The minimum absolute atomic E-state index is 0.156. The van der Waals surface area contributed by atoms with Gasteiger partial charge in [-0.1, -0.05) is 42.5 Å². The van der Waals surface area contributed by atoms with E-state index in [1.807, 2.05) is 18.2 Å². The Kier molecular flexibility index (Phi) is 8.71. The first kappa shape index (κ1) is 23.6. The molecule has 0 aliphatic carbocycles. The molecule has 0 saturated carbocycles. The second-order valence-corrected chi connectivity index (χ2v) is 6.90. The van der Waals surface area contributed by atoms with Crippen LogP contribution in [-0.4, -0.2) is 64.7 Å². The number of nitro groups is 1. The van der Waals surface area contributed by atoms with Gasteiger partial charge >= 0.3 is 11.9 Å². The van der Waals surface area contributed by atoms with Gasteiger partial charge in [-0.3, -0.25) is 15.0 Å². The van der Waals surface area contributed by atoms with Crippen LogP contribution in [0.15, 0.2) is 54.6 Å². The lowest BCUT2D eigenvalue weighted by Crippen LogP contribution is -2.46. The molecule has 1 aliphatic rings. The number of carboxylic acid groups (broad SMARTS) is 2. The first-order valence-corrected chi connectivity index (χ1v) is 9.68. The molecule has 2 aromatic carbocycles. The normalized spacial score (nSPS) is 14.0. The zero-order chi connectivity index (χ0) is 22.8. The van der Waals surface area contributed by atoms with Crippen LogP contribution < -0.4 is 4.90 Å². The maximum atomic E-state index is 11.0. The van der Waals surface area contributed by atoms with Gasteiger partial charge in [0, 0.05) is 44.5 Å². The van der Waals surface area contributed by atoms with Gasteiger partial charge in [-0.25, -0.2) is 9.59 Å². The molecule has 9 nitrogen and oxygen atoms in total. The number of aliphatic carboxylic acids is 2. The predicted molar refractivity (Wildman–Crippen MR) is 117 cm³/mol. The number of aryl methyl sites for hydroxylation is 1. The first-order chi connectivity index (χ1) is 14.8. The fourth-order valence-corrected chi connectivity index (χ4v) is 3.21. The third-order valence-electron chi connectivity index (χ3n) is 4.81. The average Bonchev–Trinajstić information content (AvgIpc) is 2.75. The largest absolute Gasteiger partial charge is 0.473 e. The van der Waals surface area contributed by atoms with E-state index in [0.717, 1.165) is 32.7 Å². The van der Waals surface area contributed by atoms with Gasteiger partial charge in [-0.05, 0) is 24.6 Å². The highest BCUT2D eigenvalue weighted by Crippen LogP contribution is 2.21. The summed E-state index contributed by atoms with van der Waals surface area (Å²) >= 11 is 0. The summed E-state index contributed by atoms with van der Waals surface area (Å²) < 4.78 is 0. The van der Waals surface area contributed by atoms with Crippen LogP contribution in [0.4, 0.5) is 11.4 Å². The zero-order valence-electron chi connectivity index (χ0n) is 17.2. The Morgan fingerprint density at radius 1 is 1.00 bits per heavy atom. The second-order valence-electron chi connectivity index (χ2n) is 6.90. The van der Waals surface area contributed by atoms with Crippen molar-refractivity contribution in [2.75, 3.05) is 37.6 Å². The summed E-state index contributed by atoms with van der Waals surface area (Å²) in [7, 11) is 0. The van der Waals surface area contributed by atoms with E-state index in [2.05, 4.69) is 41.0 Å². The molecule has 0 aromatic heterocycles. The topological polar surface area (TPSA) is 124 Å². The number of nitrogens with zero attached hydrogens (tertiary/aromatic N) is 3. The first-order valence-electron chi connectivity index (χ1n) is 9.68. The molecule has 0 bridgehead atoms. The quantitative estimate of drug-likeness (QED) is 0.424. The fraction of sp³-hybridized carbons (Fsp3) is 0.273. The van der Waals surface area contributed by atoms with E-state index in [0.29, 0.717) is 5.56 Å². The summed E-state index contributed by atoms with van der Waals surface area (Å²) in [6.07, 6.45) is 3.87. The third-order valence-corrected chi connectivity index (χ3v) is 4.81. The zero-order valence-corrected chi connectivity index (χ0v) is 17.2. The van der Waals surface area contributed by atoms with Gasteiger partial charge in [0.05, 0.1) is 10.5 Å². The van der Waals surface area contributed by atoms with Gasteiger partial charge in [0.2, 0.25) is 0 Å². The molecule has 0 amide bonds. The molecule has 1 heterocycles. The minimum Gasteiger partial charge on any atom is -0.473 e. The number of carbonyl (C=O) groups is 2. The summed E-state index contributed by atoms with van der Waals surface area (Å²) in [6.45, 7) is 6.96. The Hall–Kier alpha value is -3.72. The molecule has 3 rings (SSSR count). The molecule has 1 fully saturated rings. The predicted octanol–water partition coefficient (Wildman–Crippen LogP) is 2.89. The van der Waals surface area contributed by atoms with E-state index in [-0.39, 0.29) is 10.6 Å². The molecule has 9 heteroatoms. The molecular formula is C22H25N3O6. The van der Waals surface area contributed by atoms with Crippen LogP contribution >= 0.6 is 0 Å². The molecule has 0 unspecified atom stereocenters. The highest BCUT2D eigenvalue weighted by atomic mass is 16.6. The van der Waals surface area contributed by atoms with Crippen molar-refractivity contribution in [2.45, 2.75) is 6.92 Å². The number of nitro benzene ring substituents is 1. The lowest BCUT2D eigenvalue weighted by molar-refractivity contribution is -0.385. The smallest absolute Gasteiger partial charge is 0.414 e.